The molecule has 0 unspecified atom stereocenters. The summed E-state index contributed by atoms with van der Waals surface area (Å²) in [5, 5.41) is 6.54. The van der Waals surface area contributed by atoms with Crippen LogP contribution in [-0.4, -0.2) is 25.6 Å². The molecule has 20 heavy (non-hydrogen) atoms. The summed E-state index contributed by atoms with van der Waals surface area (Å²) in [6.45, 7) is 6.79. The van der Waals surface area contributed by atoms with E-state index in [1.165, 1.54) is 12.5 Å². The summed E-state index contributed by atoms with van der Waals surface area (Å²) >= 11 is 0. The Hall–Kier alpha value is -1.58. The molecule has 0 spiro atoms. The van der Waals surface area contributed by atoms with Crippen molar-refractivity contribution in [2.45, 2.75) is 39.5 Å². The lowest BCUT2D eigenvalue weighted by molar-refractivity contribution is 0.624. The predicted molar refractivity (Wildman–Crippen MR) is 83.6 cm³/mol. The summed E-state index contributed by atoms with van der Waals surface area (Å²) in [5.74, 6) is 0.709. The first-order valence-corrected chi connectivity index (χ1v) is 7.53. The minimum absolute atomic E-state index is 0.166. The molecule has 0 heterocycles. The molecule has 4 heteroatoms. The van der Waals surface area contributed by atoms with Gasteiger partial charge >= 0.3 is 0 Å². The molecule has 0 aliphatic heterocycles. The zero-order chi connectivity index (χ0) is 14.6. The average Bonchev–Trinajstić information content (AvgIpc) is 2.44. The molecule has 3 nitrogen and oxygen atoms in total. The molecule has 0 aromatic heterocycles. The van der Waals surface area contributed by atoms with Gasteiger partial charge in [0.2, 0.25) is 0 Å². The first-order chi connectivity index (χ1) is 9.76. The lowest BCUT2D eigenvalue weighted by Crippen LogP contribution is -2.37. The molecule has 0 radical (unpaired) electrons. The Balaban J connectivity index is 2.32. The molecule has 112 valence electrons. The molecule has 0 aliphatic carbocycles. The van der Waals surface area contributed by atoms with Crippen LogP contribution in [0, 0.1) is 5.82 Å². The van der Waals surface area contributed by atoms with Crippen LogP contribution < -0.4 is 10.6 Å². The number of benzene rings is 1. The van der Waals surface area contributed by atoms with Crippen LogP contribution in [0.15, 0.2) is 29.3 Å². The van der Waals surface area contributed by atoms with E-state index in [4.69, 9.17) is 0 Å². The number of halogens is 1. The molecule has 1 rings (SSSR count). The van der Waals surface area contributed by atoms with Crippen molar-refractivity contribution in [3.63, 3.8) is 0 Å². The van der Waals surface area contributed by atoms with Gasteiger partial charge in [-0.25, -0.2) is 4.39 Å². The lowest BCUT2D eigenvalue weighted by atomic mass is 10.1. The Morgan fingerprint density at radius 2 is 2.05 bits per heavy atom. The summed E-state index contributed by atoms with van der Waals surface area (Å²) in [6.07, 6.45) is 4.10. The molecule has 0 saturated carbocycles. The van der Waals surface area contributed by atoms with E-state index in [2.05, 4.69) is 29.5 Å². The van der Waals surface area contributed by atoms with Crippen molar-refractivity contribution in [3.05, 3.63) is 35.6 Å². The van der Waals surface area contributed by atoms with E-state index >= 15 is 0 Å². The quantitative estimate of drug-likeness (QED) is 0.436. The van der Waals surface area contributed by atoms with E-state index in [9.17, 15) is 4.39 Å². The molecular weight excluding hydrogens is 253 g/mol. The first-order valence-electron chi connectivity index (χ1n) is 7.53. The van der Waals surface area contributed by atoms with Crippen molar-refractivity contribution < 1.29 is 4.39 Å². The van der Waals surface area contributed by atoms with Crippen molar-refractivity contribution >= 4 is 5.96 Å². The van der Waals surface area contributed by atoms with E-state index in [1.807, 2.05) is 6.07 Å². The van der Waals surface area contributed by atoms with Gasteiger partial charge in [0.15, 0.2) is 5.96 Å². The molecule has 2 N–H and O–H groups in total. The summed E-state index contributed by atoms with van der Waals surface area (Å²) < 4.78 is 13.0. The monoisotopic (exact) mass is 279 g/mol. The topological polar surface area (TPSA) is 36.4 Å². The molecule has 1 aromatic rings. The Morgan fingerprint density at radius 1 is 1.20 bits per heavy atom. The van der Waals surface area contributed by atoms with E-state index in [0.29, 0.717) is 0 Å². The summed E-state index contributed by atoms with van der Waals surface area (Å²) in [6, 6.07) is 6.78. The van der Waals surface area contributed by atoms with Gasteiger partial charge in [0, 0.05) is 19.6 Å². The second kappa shape index (κ2) is 10.2. The van der Waals surface area contributed by atoms with Crippen LogP contribution >= 0.6 is 0 Å². The number of unbranched alkanes of at least 4 members (excludes halogenated alkanes) is 1. The fourth-order valence-corrected chi connectivity index (χ4v) is 1.89. The Bertz CT molecular complexity index is 404. The predicted octanol–water partition coefficient (Wildman–Crippen LogP) is 3.11. The number of aryl methyl sites for hydroxylation is 1. The number of aliphatic imine (C=N–C) groups is 1. The van der Waals surface area contributed by atoms with Crippen molar-refractivity contribution in [2.75, 3.05) is 19.6 Å². The maximum absolute atomic E-state index is 13.0. The van der Waals surface area contributed by atoms with Gasteiger partial charge in [-0.3, -0.25) is 4.99 Å². The fourth-order valence-electron chi connectivity index (χ4n) is 1.89. The minimum Gasteiger partial charge on any atom is -0.357 e. The zero-order valence-corrected chi connectivity index (χ0v) is 12.6. The second-order valence-electron chi connectivity index (χ2n) is 4.77. The van der Waals surface area contributed by atoms with Crippen molar-refractivity contribution in [1.82, 2.24) is 10.6 Å². The highest BCUT2D eigenvalue weighted by molar-refractivity contribution is 5.79. The SMILES string of the molecule is CCCCNC(=NCCCc1cccc(F)c1)NCC. The summed E-state index contributed by atoms with van der Waals surface area (Å²) in [4.78, 5) is 4.52. The highest BCUT2D eigenvalue weighted by Gasteiger charge is 1.97. The third kappa shape index (κ3) is 7.12. The lowest BCUT2D eigenvalue weighted by Gasteiger charge is -2.10. The molecule has 0 saturated heterocycles. The smallest absolute Gasteiger partial charge is 0.191 e. The van der Waals surface area contributed by atoms with Gasteiger partial charge in [0.1, 0.15) is 5.82 Å². The highest BCUT2D eigenvalue weighted by Crippen LogP contribution is 2.06. The Morgan fingerprint density at radius 3 is 2.75 bits per heavy atom. The molecule has 1 aromatic carbocycles. The maximum atomic E-state index is 13.0. The van der Waals surface area contributed by atoms with Gasteiger partial charge in [0.05, 0.1) is 0 Å². The summed E-state index contributed by atoms with van der Waals surface area (Å²) in [5.41, 5.74) is 1.03. The molecule has 0 atom stereocenters. The van der Waals surface area contributed by atoms with Gasteiger partial charge in [-0.2, -0.15) is 0 Å². The Labute approximate surface area is 121 Å². The third-order valence-electron chi connectivity index (χ3n) is 2.95. The number of hydrogen-bond donors (Lipinski definition) is 2. The van der Waals surface area contributed by atoms with Crippen molar-refractivity contribution in [2.24, 2.45) is 4.99 Å². The molecule has 0 amide bonds. The minimum atomic E-state index is -0.166. The molecular formula is C16H26FN3. The van der Waals surface area contributed by atoms with Gasteiger partial charge < -0.3 is 10.6 Å². The van der Waals surface area contributed by atoms with Crippen molar-refractivity contribution in [1.29, 1.82) is 0 Å². The van der Waals surface area contributed by atoms with Crippen LogP contribution in [0.25, 0.3) is 0 Å². The van der Waals surface area contributed by atoms with Crippen LogP contribution in [0.1, 0.15) is 38.7 Å². The summed E-state index contributed by atoms with van der Waals surface area (Å²) in [7, 11) is 0. The second-order valence-corrected chi connectivity index (χ2v) is 4.77. The van der Waals surface area contributed by atoms with Crippen LogP contribution in [-0.2, 0) is 6.42 Å². The van der Waals surface area contributed by atoms with E-state index in [-0.39, 0.29) is 5.82 Å². The standard InChI is InChI=1S/C16H26FN3/c1-3-5-11-19-16(18-4-2)20-12-7-9-14-8-6-10-15(17)13-14/h6,8,10,13H,3-5,7,9,11-12H2,1-2H3,(H2,18,19,20). The number of guanidine groups is 1. The largest absolute Gasteiger partial charge is 0.357 e. The molecule has 0 aliphatic rings. The number of nitrogens with zero attached hydrogens (tertiary/aromatic N) is 1. The fraction of sp³-hybridized carbons (Fsp3) is 0.562. The highest BCUT2D eigenvalue weighted by atomic mass is 19.1. The van der Waals surface area contributed by atoms with E-state index in [0.717, 1.165) is 50.4 Å². The number of nitrogens with one attached hydrogen (secondary N) is 2. The third-order valence-corrected chi connectivity index (χ3v) is 2.95. The number of hydrogen-bond acceptors (Lipinski definition) is 1. The molecule has 0 bridgehead atoms. The maximum Gasteiger partial charge on any atom is 0.191 e. The normalized spacial score (nSPS) is 11.4. The van der Waals surface area contributed by atoms with Crippen LogP contribution in [0.4, 0.5) is 4.39 Å². The number of rotatable bonds is 8. The van der Waals surface area contributed by atoms with Gasteiger partial charge in [-0.1, -0.05) is 25.5 Å². The first kappa shape index (κ1) is 16.5. The average molecular weight is 279 g/mol. The van der Waals surface area contributed by atoms with E-state index in [1.54, 1.807) is 12.1 Å². The van der Waals surface area contributed by atoms with E-state index < -0.39 is 0 Å². The van der Waals surface area contributed by atoms with Gasteiger partial charge in [0.25, 0.3) is 0 Å². The van der Waals surface area contributed by atoms with Crippen LogP contribution in [0.5, 0.6) is 0 Å². The van der Waals surface area contributed by atoms with Gasteiger partial charge in [-0.05, 0) is 43.9 Å². The molecule has 0 fully saturated rings. The van der Waals surface area contributed by atoms with Crippen LogP contribution in [0.2, 0.25) is 0 Å². The Kier molecular flexibility index (Phi) is 8.43. The van der Waals surface area contributed by atoms with Crippen LogP contribution in [0.3, 0.4) is 0 Å². The van der Waals surface area contributed by atoms with Gasteiger partial charge in [-0.15, -0.1) is 0 Å². The zero-order valence-electron chi connectivity index (χ0n) is 12.6. The van der Waals surface area contributed by atoms with Crippen molar-refractivity contribution in [3.8, 4) is 0 Å².